The zero-order valence-corrected chi connectivity index (χ0v) is 22.5. The van der Waals surface area contributed by atoms with Crippen molar-refractivity contribution < 1.29 is 34.8 Å². The number of hydrogen-bond donors (Lipinski definition) is 5. The SMILES string of the molecule is CC#Cc1cc(C#CC)c2c(c1O)C(=O)[C@@H]1C(O)[C@@]3(O)C(=O)[C@H](C(N)=O)C(O)[C@H](C(C)C)[C@@]3(C)C[C@@]1(C)C2. The fraction of sp³-hybridized carbons (Fsp3) is 0.567. The summed E-state index contributed by atoms with van der Waals surface area (Å²) >= 11 is 0. The van der Waals surface area contributed by atoms with E-state index in [2.05, 4.69) is 23.7 Å². The van der Waals surface area contributed by atoms with Gasteiger partial charge in [-0.05, 0) is 55.6 Å². The highest BCUT2D eigenvalue weighted by Gasteiger charge is 2.75. The molecular weight excluding hydrogens is 486 g/mol. The van der Waals surface area contributed by atoms with Gasteiger partial charge >= 0.3 is 0 Å². The van der Waals surface area contributed by atoms with Crippen LogP contribution in [-0.4, -0.2) is 55.7 Å². The zero-order valence-electron chi connectivity index (χ0n) is 22.5. The van der Waals surface area contributed by atoms with Gasteiger partial charge in [-0.15, -0.1) is 11.8 Å². The van der Waals surface area contributed by atoms with Crippen LogP contribution in [0.2, 0.25) is 0 Å². The highest BCUT2D eigenvalue weighted by Crippen LogP contribution is 2.65. The predicted molar refractivity (Wildman–Crippen MR) is 139 cm³/mol. The number of carbonyl (C=O) groups excluding carboxylic acids is 3. The van der Waals surface area contributed by atoms with E-state index in [1.807, 2.05) is 0 Å². The molecule has 2 saturated carbocycles. The summed E-state index contributed by atoms with van der Waals surface area (Å²) in [7, 11) is 0. The topological polar surface area (TPSA) is 158 Å². The lowest BCUT2D eigenvalue weighted by molar-refractivity contribution is -0.265. The van der Waals surface area contributed by atoms with E-state index in [1.165, 1.54) is 0 Å². The summed E-state index contributed by atoms with van der Waals surface area (Å²) < 4.78 is 0. The number of phenolic OH excluding ortho intramolecular Hbond substituents is 1. The van der Waals surface area contributed by atoms with Crippen LogP contribution in [0.15, 0.2) is 6.07 Å². The molecule has 1 aromatic rings. The molecule has 3 aliphatic carbocycles. The number of Topliss-reactive ketones (excluding diaryl/α,β-unsaturated/α-hetero) is 2. The number of carbonyl (C=O) groups is 3. The Labute approximate surface area is 222 Å². The van der Waals surface area contributed by atoms with Crippen molar-refractivity contribution in [3.8, 4) is 29.4 Å². The Bertz CT molecular complexity index is 1370. The van der Waals surface area contributed by atoms with Gasteiger partial charge in [0.2, 0.25) is 5.91 Å². The first-order valence-corrected chi connectivity index (χ1v) is 12.8. The van der Waals surface area contributed by atoms with Crippen LogP contribution in [0.5, 0.6) is 5.75 Å². The summed E-state index contributed by atoms with van der Waals surface area (Å²) in [5.41, 5.74) is 1.79. The molecule has 0 saturated heterocycles. The van der Waals surface area contributed by atoms with Crippen molar-refractivity contribution in [3.63, 3.8) is 0 Å². The maximum absolute atomic E-state index is 14.1. The van der Waals surface area contributed by atoms with Gasteiger partial charge in [0.25, 0.3) is 0 Å². The molecule has 2 fully saturated rings. The molecule has 0 radical (unpaired) electrons. The number of hydrogen-bond acceptors (Lipinski definition) is 7. The van der Waals surface area contributed by atoms with Crippen LogP contribution in [-0.2, 0) is 16.0 Å². The van der Waals surface area contributed by atoms with Crippen LogP contribution in [0.3, 0.4) is 0 Å². The average Bonchev–Trinajstić information content (AvgIpc) is 2.79. The summed E-state index contributed by atoms with van der Waals surface area (Å²) in [5, 5.41) is 46.2. The predicted octanol–water partition coefficient (Wildman–Crippen LogP) is 1.32. The standard InChI is InChI=1S/C30H35NO7/c1-7-9-15-11-16(10-8-2)22(32)18-17(15)12-28(5)13-29(6)20(14(3)4)24(34)19(27(31)37)25(35)30(29,38)26(36)21(28)23(18)33/h11,14,19-21,24,26,32,34,36,38H,12-13H2,1-6H3,(H2,31,37)/t19-,20+,21-,24?,26?,28-,29-,30+/m1/s1. The summed E-state index contributed by atoms with van der Waals surface area (Å²) in [6.07, 6.45) is -3.09. The number of aliphatic hydroxyl groups is 3. The molecule has 8 atom stereocenters. The first-order valence-electron chi connectivity index (χ1n) is 12.8. The van der Waals surface area contributed by atoms with Gasteiger partial charge in [-0.25, -0.2) is 0 Å². The average molecular weight is 522 g/mol. The largest absolute Gasteiger partial charge is 0.506 e. The van der Waals surface area contributed by atoms with Gasteiger partial charge in [0.1, 0.15) is 17.8 Å². The van der Waals surface area contributed by atoms with Gasteiger partial charge in [0.05, 0.1) is 23.1 Å². The highest BCUT2D eigenvalue weighted by molar-refractivity contribution is 6.09. The molecule has 38 heavy (non-hydrogen) atoms. The second-order valence-corrected chi connectivity index (χ2v) is 11.9. The minimum atomic E-state index is -2.54. The van der Waals surface area contributed by atoms with Gasteiger partial charge < -0.3 is 26.2 Å². The fourth-order valence-electron chi connectivity index (χ4n) is 8.08. The zero-order chi connectivity index (χ0) is 28.5. The Morgan fingerprint density at radius 3 is 2.21 bits per heavy atom. The van der Waals surface area contributed by atoms with Crippen LogP contribution < -0.4 is 5.73 Å². The van der Waals surface area contributed by atoms with Crippen LogP contribution in [0.1, 0.15) is 75.0 Å². The molecule has 4 rings (SSSR count). The van der Waals surface area contributed by atoms with Crippen LogP contribution in [0.4, 0.5) is 0 Å². The van der Waals surface area contributed by atoms with Crippen molar-refractivity contribution in [3.05, 3.63) is 28.3 Å². The van der Waals surface area contributed by atoms with E-state index in [-0.39, 0.29) is 35.6 Å². The summed E-state index contributed by atoms with van der Waals surface area (Å²) in [6.45, 7) is 10.3. The van der Waals surface area contributed by atoms with Crippen molar-refractivity contribution in [2.24, 2.45) is 40.2 Å². The van der Waals surface area contributed by atoms with Crippen molar-refractivity contribution >= 4 is 17.5 Å². The number of aromatic hydroxyl groups is 1. The molecule has 1 amide bonds. The van der Waals surface area contributed by atoms with Crippen LogP contribution in [0.25, 0.3) is 0 Å². The van der Waals surface area contributed by atoms with E-state index < -0.39 is 63.9 Å². The monoisotopic (exact) mass is 521 g/mol. The van der Waals surface area contributed by atoms with Gasteiger partial charge in [0, 0.05) is 11.0 Å². The molecule has 2 unspecified atom stereocenters. The minimum Gasteiger partial charge on any atom is -0.506 e. The number of amides is 1. The van der Waals surface area contributed by atoms with Gasteiger partial charge in [0.15, 0.2) is 17.2 Å². The summed E-state index contributed by atoms with van der Waals surface area (Å²) in [5.74, 6) is 4.03. The van der Waals surface area contributed by atoms with Crippen LogP contribution in [0, 0.1) is 58.2 Å². The maximum Gasteiger partial charge on any atom is 0.230 e. The van der Waals surface area contributed by atoms with Crippen molar-refractivity contribution in [1.29, 1.82) is 0 Å². The third kappa shape index (κ3) is 3.41. The Balaban J connectivity index is 2.01. The Kier molecular flexibility index (Phi) is 6.56. The molecule has 0 bridgehead atoms. The third-order valence-electron chi connectivity index (χ3n) is 9.30. The van der Waals surface area contributed by atoms with E-state index in [0.29, 0.717) is 11.1 Å². The van der Waals surface area contributed by atoms with E-state index in [0.717, 1.165) is 0 Å². The van der Waals surface area contributed by atoms with Gasteiger partial charge in [-0.1, -0.05) is 39.5 Å². The molecule has 0 heterocycles. The van der Waals surface area contributed by atoms with Crippen molar-refractivity contribution in [1.82, 2.24) is 0 Å². The maximum atomic E-state index is 14.1. The molecule has 0 aliphatic heterocycles. The number of nitrogens with two attached hydrogens (primary N) is 1. The van der Waals surface area contributed by atoms with E-state index in [9.17, 15) is 34.8 Å². The number of benzene rings is 1. The molecule has 202 valence electrons. The lowest BCUT2D eigenvalue weighted by Crippen LogP contribution is -2.79. The molecule has 8 nitrogen and oxygen atoms in total. The van der Waals surface area contributed by atoms with Gasteiger partial charge in [-0.2, -0.15) is 0 Å². The third-order valence-corrected chi connectivity index (χ3v) is 9.30. The Hall–Kier alpha value is -3.17. The van der Waals surface area contributed by atoms with Gasteiger partial charge in [-0.3, -0.25) is 14.4 Å². The highest BCUT2D eigenvalue weighted by atomic mass is 16.4. The molecule has 3 aliphatic rings. The molecular formula is C30H35NO7. The molecule has 0 aromatic heterocycles. The van der Waals surface area contributed by atoms with E-state index >= 15 is 0 Å². The number of fused-ring (bicyclic) bond motifs is 3. The first kappa shape index (κ1) is 27.9. The lowest BCUT2D eigenvalue weighted by Gasteiger charge is -2.66. The number of phenols is 1. The Morgan fingerprint density at radius 2 is 1.68 bits per heavy atom. The molecule has 8 heteroatoms. The number of aliphatic hydroxyl groups excluding tert-OH is 2. The fourth-order valence-corrected chi connectivity index (χ4v) is 8.08. The summed E-state index contributed by atoms with van der Waals surface area (Å²) in [4.78, 5) is 40.2. The quantitative estimate of drug-likeness (QED) is 0.290. The summed E-state index contributed by atoms with van der Waals surface area (Å²) in [6, 6.07) is 1.64. The normalized spacial score (nSPS) is 37.7. The number of ketones is 2. The van der Waals surface area contributed by atoms with Crippen LogP contribution >= 0.6 is 0 Å². The number of primary amides is 1. The lowest BCUT2D eigenvalue weighted by atomic mass is 9.39. The van der Waals surface area contributed by atoms with E-state index in [4.69, 9.17) is 5.73 Å². The van der Waals surface area contributed by atoms with E-state index in [1.54, 1.807) is 47.6 Å². The number of rotatable bonds is 2. The Morgan fingerprint density at radius 1 is 1.11 bits per heavy atom. The van der Waals surface area contributed by atoms with Crippen molar-refractivity contribution in [2.45, 2.75) is 72.2 Å². The molecule has 6 N–H and O–H groups in total. The van der Waals surface area contributed by atoms with Crippen molar-refractivity contribution in [2.75, 3.05) is 0 Å². The second kappa shape index (κ2) is 8.95. The first-order chi connectivity index (χ1) is 17.6. The molecule has 0 spiro atoms. The smallest absolute Gasteiger partial charge is 0.230 e. The minimum absolute atomic E-state index is 0.0353. The second-order valence-electron chi connectivity index (χ2n) is 11.9. The molecule has 1 aromatic carbocycles.